The Morgan fingerprint density at radius 3 is 2.29 bits per heavy atom. The molecule has 1 spiro atoms. The fourth-order valence-corrected chi connectivity index (χ4v) is 5.31. The molecule has 1 amide bonds. The van der Waals surface area contributed by atoms with E-state index >= 15 is 0 Å². The zero-order valence-corrected chi connectivity index (χ0v) is 18.2. The van der Waals surface area contributed by atoms with Crippen molar-refractivity contribution in [2.24, 2.45) is 0 Å². The van der Waals surface area contributed by atoms with Gasteiger partial charge in [0.1, 0.15) is 12.1 Å². The first-order valence-electron chi connectivity index (χ1n) is 11.0. The molecule has 0 bridgehead atoms. The van der Waals surface area contributed by atoms with Crippen LogP contribution >= 0.6 is 11.6 Å². The summed E-state index contributed by atoms with van der Waals surface area (Å²) < 4.78 is 14.2. The van der Waals surface area contributed by atoms with Crippen LogP contribution < -0.4 is 14.7 Å². The number of nitrogens with zero attached hydrogens (tertiary/aromatic N) is 6. The van der Waals surface area contributed by atoms with Crippen molar-refractivity contribution in [2.75, 3.05) is 40.9 Å². The number of hydrogen-bond donors (Lipinski definition) is 0. The molecule has 0 N–H and O–H groups in total. The molecular formula is C22H26ClFN6O. The van der Waals surface area contributed by atoms with Gasteiger partial charge in [-0.25, -0.2) is 14.4 Å². The average molecular weight is 445 g/mol. The molecule has 0 unspecified atom stereocenters. The lowest BCUT2D eigenvalue weighted by Crippen LogP contribution is -2.60. The van der Waals surface area contributed by atoms with Crippen molar-refractivity contribution in [1.82, 2.24) is 15.0 Å². The van der Waals surface area contributed by atoms with Gasteiger partial charge >= 0.3 is 0 Å². The standard InChI is InChI=1S/C22H26ClFN6O/c23-17-6-5-16(14-18(17)24)30-19(31)4-3-7-22(30)8-12-29(13-9-22)21-26-15-25-20(27-21)28-10-1-2-11-28/h5-6,14-15H,1-4,7-13H2. The Hall–Kier alpha value is -2.48. The fourth-order valence-electron chi connectivity index (χ4n) is 5.20. The van der Waals surface area contributed by atoms with Crippen molar-refractivity contribution in [3.63, 3.8) is 0 Å². The van der Waals surface area contributed by atoms with Crippen LogP contribution in [0.3, 0.4) is 0 Å². The Bertz CT molecular complexity index is 974. The van der Waals surface area contributed by atoms with Crippen LogP contribution in [-0.4, -0.2) is 52.6 Å². The number of benzene rings is 1. The molecule has 3 aliphatic rings. The van der Waals surface area contributed by atoms with E-state index in [-0.39, 0.29) is 16.5 Å². The topological polar surface area (TPSA) is 65.5 Å². The lowest BCUT2D eigenvalue weighted by atomic mass is 9.78. The number of anilines is 3. The van der Waals surface area contributed by atoms with Gasteiger partial charge in [0.05, 0.1) is 10.6 Å². The second-order valence-electron chi connectivity index (χ2n) is 8.67. The molecule has 3 fully saturated rings. The molecule has 9 heteroatoms. The van der Waals surface area contributed by atoms with E-state index in [0.717, 1.165) is 57.8 Å². The van der Waals surface area contributed by atoms with Crippen LogP contribution in [0, 0.1) is 5.82 Å². The quantitative estimate of drug-likeness (QED) is 0.717. The molecule has 0 atom stereocenters. The highest BCUT2D eigenvalue weighted by Crippen LogP contribution is 2.42. The van der Waals surface area contributed by atoms with Gasteiger partial charge in [-0.1, -0.05) is 11.6 Å². The highest BCUT2D eigenvalue weighted by Gasteiger charge is 2.45. The maximum absolute atomic E-state index is 14.2. The third kappa shape index (κ3) is 3.82. The largest absolute Gasteiger partial charge is 0.341 e. The predicted octanol–water partition coefficient (Wildman–Crippen LogP) is 3.82. The number of piperidine rings is 2. The molecule has 2 aromatic rings. The minimum Gasteiger partial charge on any atom is -0.341 e. The highest BCUT2D eigenvalue weighted by atomic mass is 35.5. The van der Waals surface area contributed by atoms with Gasteiger partial charge in [0, 0.05) is 38.3 Å². The Labute approximate surface area is 186 Å². The van der Waals surface area contributed by atoms with Crippen LogP contribution in [0.5, 0.6) is 0 Å². The number of aromatic nitrogens is 3. The molecule has 5 rings (SSSR count). The fraction of sp³-hybridized carbons (Fsp3) is 0.545. The first-order chi connectivity index (χ1) is 15.1. The van der Waals surface area contributed by atoms with Crippen molar-refractivity contribution in [2.45, 2.75) is 50.5 Å². The Kier molecular flexibility index (Phi) is 5.42. The van der Waals surface area contributed by atoms with Gasteiger partial charge in [0.2, 0.25) is 17.8 Å². The number of carbonyl (C=O) groups excluding carboxylic acids is 1. The molecule has 1 aromatic heterocycles. The number of rotatable bonds is 3. The van der Waals surface area contributed by atoms with Crippen LogP contribution in [0.15, 0.2) is 24.5 Å². The lowest BCUT2D eigenvalue weighted by Gasteiger charge is -2.51. The Morgan fingerprint density at radius 2 is 1.61 bits per heavy atom. The first kappa shape index (κ1) is 20.4. The number of carbonyl (C=O) groups is 1. The summed E-state index contributed by atoms with van der Waals surface area (Å²) in [5, 5.41) is 0.0701. The Morgan fingerprint density at radius 1 is 0.935 bits per heavy atom. The molecule has 7 nitrogen and oxygen atoms in total. The van der Waals surface area contributed by atoms with Crippen molar-refractivity contribution in [1.29, 1.82) is 0 Å². The summed E-state index contributed by atoms with van der Waals surface area (Å²) in [5.74, 6) is 0.995. The summed E-state index contributed by atoms with van der Waals surface area (Å²) in [6.07, 6.45) is 7.76. The molecule has 31 heavy (non-hydrogen) atoms. The van der Waals surface area contributed by atoms with Crippen molar-refractivity contribution >= 4 is 35.1 Å². The van der Waals surface area contributed by atoms with Gasteiger partial charge in [0.15, 0.2) is 0 Å². The SMILES string of the molecule is O=C1CCCC2(CCN(c3ncnc(N4CCCC4)n3)CC2)N1c1ccc(Cl)c(F)c1. The molecule has 0 radical (unpaired) electrons. The summed E-state index contributed by atoms with van der Waals surface area (Å²) in [6.45, 7) is 3.45. The average Bonchev–Trinajstić information content (AvgIpc) is 3.32. The molecule has 3 aliphatic heterocycles. The second-order valence-corrected chi connectivity index (χ2v) is 9.08. The van der Waals surface area contributed by atoms with E-state index < -0.39 is 5.82 Å². The van der Waals surface area contributed by atoms with Gasteiger partial charge in [-0.3, -0.25) is 4.79 Å². The molecule has 4 heterocycles. The highest BCUT2D eigenvalue weighted by molar-refractivity contribution is 6.30. The van der Waals surface area contributed by atoms with E-state index in [4.69, 9.17) is 16.6 Å². The van der Waals surface area contributed by atoms with E-state index in [1.54, 1.807) is 12.4 Å². The summed E-state index contributed by atoms with van der Waals surface area (Å²) in [5.41, 5.74) is 0.285. The molecule has 3 saturated heterocycles. The van der Waals surface area contributed by atoms with Gasteiger partial charge in [-0.2, -0.15) is 4.98 Å². The zero-order valence-electron chi connectivity index (χ0n) is 17.4. The van der Waals surface area contributed by atoms with Crippen LogP contribution in [0.2, 0.25) is 5.02 Å². The van der Waals surface area contributed by atoms with E-state index in [0.29, 0.717) is 18.1 Å². The van der Waals surface area contributed by atoms with Crippen molar-refractivity contribution < 1.29 is 9.18 Å². The summed E-state index contributed by atoms with van der Waals surface area (Å²) in [4.78, 5) is 32.6. The van der Waals surface area contributed by atoms with Crippen LogP contribution in [0.4, 0.5) is 22.0 Å². The molecular weight excluding hydrogens is 419 g/mol. The van der Waals surface area contributed by atoms with Crippen LogP contribution in [0.1, 0.15) is 44.9 Å². The van der Waals surface area contributed by atoms with E-state index in [1.807, 2.05) is 4.90 Å². The number of hydrogen-bond acceptors (Lipinski definition) is 6. The number of halogens is 2. The van der Waals surface area contributed by atoms with Crippen molar-refractivity contribution in [3.8, 4) is 0 Å². The van der Waals surface area contributed by atoms with Gasteiger partial charge < -0.3 is 14.7 Å². The van der Waals surface area contributed by atoms with E-state index in [1.165, 1.54) is 25.0 Å². The maximum Gasteiger partial charge on any atom is 0.230 e. The zero-order chi connectivity index (χ0) is 21.4. The van der Waals surface area contributed by atoms with Crippen molar-refractivity contribution in [3.05, 3.63) is 35.4 Å². The third-order valence-corrected chi connectivity index (χ3v) is 7.14. The Balaban J connectivity index is 1.36. The number of amides is 1. The van der Waals surface area contributed by atoms with E-state index in [9.17, 15) is 9.18 Å². The summed E-state index contributed by atoms with van der Waals surface area (Å²) in [7, 11) is 0. The third-order valence-electron chi connectivity index (χ3n) is 6.83. The first-order valence-corrected chi connectivity index (χ1v) is 11.4. The molecule has 0 saturated carbocycles. The summed E-state index contributed by atoms with van der Waals surface area (Å²) >= 11 is 5.87. The lowest BCUT2D eigenvalue weighted by molar-refractivity contribution is -0.121. The van der Waals surface area contributed by atoms with Gasteiger partial charge in [-0.05, 0) is 56.7 Å². The normalized spacial score (nSPS) is 21.2. The minimum atomic E-state index is -0.496. The molecule has 1 aromatic carbocycles. The maximum atomic E-state index is 14.2. The minimum absolute atomic E-state index is 0.0536. The molecule has 0 aliphatic carbocycles. The molecule has 164 valence electrons. The predicted molar refractivity (Wildman–Crippen MR) is 118 cm³/mol. The van der Waals surface area contributed by atoms with Crippen LogP contribution in [0.25, 0.3) is 0 Å². The van der Waals surface area contributed by atoms with Crippen LogP contribution in [-0.2, 0) is 4.79 Å². The smallest absolute Gasteiger partial charge is 0.230 e. The second kappa shape index (κ2) is 8.22. The van der Waals surface area contributed by atoms with Gasteiger partial charge in [-0.15, -0.1) is 0 Å². The van der Waals surface area contributed by atoms with E-state index in [2.05, 4.69) is 19.8 Å². The monoisotopic (exact) mass is 444 g/mol. The van der Waals surface area contributed by atoms with Gasteiger partial charge in [0.25, 0.3) is 0 Å². The summed E-state index contributed by atoms with van der Waals surface area (Å²) in [6, 6.07) is 4.66.